The molecule has 0 aliphatic carbocycles. The van der Waals surface area contributed by atoms with Crippen LogP contribution in [0.25, 0.3) is 0 Å². The molecule has 0 heterocycles. The van der Waals surface area contributed by atoms with Gasteiger partial charge < -0.3 is 4.74 Å². The average Bonchev–Trinajstić information content (AvgIpc) is 2.62. The topological polar surface area (TPSA) is 87.5 Å². The highest BCUT2D eigenvalue weighted by atomic mass is 32.2. The van der Waals surface area contributed by atoms with Crippen molar-refractivity contribution in [2.75, 3.05) is 13.2 Å². The zero-order valence-electron chi connectivity index (χ0n) is 13.8. The molecule has 2 rings (SSSR count). The largest absolute Gasteiger partial charge is 0.465 e. The lowest BCUT2D eigenvalue weighted by Crippen LogP contribution is -2.36. The molecule has 6 nitrogen and oxygen atoms in total. The highest BCUT2D eigenvalue weighted by Crippen LogP contribution is 2.21. The molecular weight excluding hydrogens is 340 g/mol. The number of sulfonamides is 1. The molecule has 130 valence electrons. The maximum atomic E-state index is 13.0. The summed E-state index contributed by atoms with van der Waals surface area (Å²) in [4.78, 5) is 11.8. The van der Waals surface area contributed by atoms with E-state index in [4.69, 9.17) is 4.74 Å². The summed E-state index contributed by atoms with van der Waals surface area (Å²) >= 11 is 0. The van der Waals surface area contributed by atoms with Crippen molar-refractivity contribution in [1.82, 2.24) is 4.31 Å². The fraction of sp³-hybridized carbons (Fsp3) is 0.222. The second-order valence-corrected chi connectivity index (χ2v) is 7.08. The van der Waals surface area contributed by atoms with E-state index >= 15 is 0 Å². The van der Waals surface area contributed by atoms with Crippen LogP contribution in [0.15, 0.2) is 59.5 Å². The second kappa shape index (κ2) is 8.42. The summed E-state index contributed by atoms with van der Waals surface area (Å²) < 4.78 is 32.0. The Labute approximate surface area is 147 Å². The van der Waals surface area contributed by atoms with Crippen LogP contribution in [0.5, 0.6) is 0 Å². The predicted octanol–water partition coefficient (Wildman–Crippen LogP) is 2.31. The van der Waals surface area contributed by atoms with Crippen LogP contribution in [0, 0.1) is 11.3 Å². The predicted molar refractivity (Wildman–Crippen MR) is 91.8 cm³/mol. The van der Waals surface area contributed by atoms with Crippen molar-refractivity contribution < 1.29 is 17.9 Å². The van der Waals surface area contributed by atoms with Gasteiger partial charge in [-0.05, 0) is 24.6 Å². The maximum Gasteiger partial charge on any atom is 0.321 e. The second-order valence-electron chi connectivity index (χ2n) is 5.17. The molecule has 2 aromatic rings. The lowest BCUT2D eigenvalue weighted by atomic mass is 10.2. The zero-order valence-corrected chi connectivity index (χ0v) is 14.6. The van der Waals surface area contributed by atoms with Crippen LogP contribution >= 0.6 is 0 Å². The number of rotatable bonds is 7. The van der Waals surface area contributed by atoms with Gasteiger partial charge in [0.05, 0.1) is 17.1 Å². The van der Waals surface area contributed by atoms with Crippen molar-refractivity contribution in [3.63, 3.8) is 0 Å². The summed E-state index contributed by atoms with van der Waals surface area (Å²) in [6.07, 6.45) is 0. The Kier molecular flexibility index (Phi) is 6.28. The van der Waals surface area contributed by atoms with E-state index < -0.39 is 22.5 Å². The van der Waals surface area contributed by atoms with Gasteiger partial charge in [-0.3, -0.25) is 4.79 Å². The van der Waals surface area contributed by atoms with Crippen LogP contribution in [0.1, 0.15) is 18.1 Å². The average molecular weight is 358 g/mol. The molecular formula is C18H18N2O4S. The summed E-state index contributed by atoms with van der Waals surface area (Å²) in [5.74, 6) is -0.642. The molecule has 2 aromatic carbocycles. The number of hydrogen-bond donors (Lipinski definition) is 0. The summed E-state index contributed by atoms with van der Waals surface area (Å²) in [5.41, 5.74) is 0.759. The van der Waals surface area contributed by atoms with E-state index in [1.165, 1.54) is 12.1 Å². The van der Waals surface area contributed by atoms with Gasteiger partial charge in [0, 0.05) is 6.54 Å². The van der Waals surface area contributed by atoms with Gasteiger partial charge in [-0.15, -0.1) is 0 Å². The van der Waals surface area contributed by atoms with Crippen molar-refractivity contribution >= 4 is 16.0 Å². The molecule has 7 heteroatoms. The number of ether oxygens (including phenoxy) is 1. The number of nitrogens with zero attached hydrogens (tertiary/aromatic N) is 2. The number of esters is 1. The first-order chi connectivity index (χ1) is 12.0. The van der Waals surface area contributed by atoms with Crippen molar-refractivity contribution in [3.05, 3.63) is 65.7 Å². The smallest absolute Gasteiger partial charge is 0.321 e. The minimum Gasteiger partial charge on any atom is -0.465 e. The van der Waals surface area contributed by atoms with E-state index in [9.17, 15) is 18.5 Å². The Morgan fingerprint density at radius 2 is 1.76 bits per heavy atom. The zero-order chi connectivity index (χ0) is 18.3. The van der Waals surface area contributed by atoms with Gasteiger partial charge in [-0.2, -0.15) is 9.57 Å². The highest BCUT2D eigenvalue weighted by Gasteiger charge is 2.29. The van der Waals surface area contributed by atoms with E-state index in [-0.39, 0.29) is 23.6 Å². The molecule has 0 saturated heterocycles. The Bertz CT molecular complexity index is 873. The third-order valence-electron chi connectivity index (χ3n) is 3.44. The van der Waals surface area contributed by atoms with Gasteiger partial charge in [0.15, 0.2) is 0 Å². The lowest BCUT2D eigenvalue weighted by molar-refractivity contribution is -0.143. The monoisotopic (exact) mass is 358 g/mol. The Hall–Kier alpha value is -2.69. The molecule has 0 aromatic heterocycles. The number of carbonyl (C=O) groups is 1. The van der Waals surface area contributed by atoms with E-state index in [0.29, 0.717) is 0 Å². The molecule has 0 atom stereocenters. The molecule has 0 aliphatic rings. The van der Waals surface area contributed by atoms with Crippen LogP contribution in [0.3, 0.4) is 0 Å². The van der Waals surface area contributed by atoms with Crippen molar-refractivity contribution in [2.24, 2.45) is 0 Å². The number of nitriles is 1. The Balaban J connectivity index is 2.42. The molecule has 0 fully saturated rings. The Morgan fingerprint density at radius 3 is 2.40 bits per heavy atom. The quantitative estimate of drug-likeness (QED) is 0.709. The molecule has 0 aliphatic heterocycles. The molecule has 0 saturated carbocycles. The highest BCUT2D eigenvalue weighted by molar-refractivity contribution is 7.89. The molecule has 0 amide bonds. The lowest BCUT2D eigenvalue weighted by Gasteiger charge is -2.22. The van der Waals surface area contributed by atoms with E-state index in [1.54, 1.807) is 43.3 Å². The van der Waals surface area contributed by atoms with Crippen molar-refractivity contribution in [2.45, 2.75) is 18.4 Å². The number of benzene rings is 2. The summed E-state index contributed by atoms with van der Waals surface area (Å²) in [6.45, 7) is 1.39. The Morgan fingerprint density at radius 1 is 1.12 bits per heavy atom. The molecule has 0 bridgehead atoms. The minimum atomic E-state index is -4.05. The van der Waals surface area contributed by atoms with Crippen molar-refractivity contribution in [1.29, 1.82) is 5.26 Å². The first kappa shape index (κ1) is 18.6. The minimum absolute atomic E-state index is 0.00174. The molecule has 25 heavy (non-hydrogen) atoms. The van der Waals surface area contributed by atoms with Gasteiger partial charge in [0.2, 0.25) is 10.0 Å². The van der Waals surface area contributed by atoms with Crippen LogP contribution in [0.4, 0.5) is 0 Å². The SMILES string of the molecule is CCOC(=O)CN(Cc1ccccc1)S(=O)(=O)c1ccccc1C#N. The molecule has 0 radical (unpaired) electrons. The first-order valence-electron chi connectivity index (χ1n) is 7.68. The summed E-state index contributed by atoms with van der Waals surface area (Å²) in [7, 11) is -4.05. The van der Waals surface area contributed by atoms with Crippen LogP contribution in [-0.4, -0.2) is 31.8 Å². The van der Waals surface area contributed by atoms with Gasteiger partial charge >= 0.3 is 5.97 Å². The van der Waals surface area contributed by atoms with E-state index in [1.807, 2.05) is 12.1 Å². The fourth-order valence-electron chi connectivity index (χ4n) is 2.29. The van der Waals surface area contributed by atoms with Crippen LogP contribution in [0.2, 0.25) is 0 Å². The number of hydrogen-bond acceptors (Lipinski definition) is 5. The number of carbonyl (C=O) groups excluding carboxylic acids is 1. The molecule has 0 N–H and O–H groups in total. The maximum absolute atomic E-state index is 13.0. The first-order valence-corrected chi connectivity index (χ1v) is 9.12. The third-order valence-corrected chi connectivity index (χ3v) is 5.29. The van der Waals surface area contributed by atoms with Crippen LogP contribution in [-0.2, 0) is 26.1 Å². The van der Waals surface area contributed by atoms with Crippen molar-refractivity contribution in [3.8, 4) is 6.07 Å². The third kappa shape index (κ3) is 4.66. The summed E-state index contributed by atoms with van der Waals surface area (Å²) in [6, 6.07) is 16.7. The normalized spacial score (nSPS) is 11.1. The fourth-order valence-corrected chi connectivity index (χ4v) is 3.80. The van der Waals surface area contributed by atoms with E-state index in [2.05, 4.69) is 0 Å². The van der Waals surface area contributed by atoms with Crippen LogP contribution < -0.4 is 0 Å². The van der Waals surface area contributed by atoms with Gasteiger partial charge in [-0.1, -0.05) is 42.5 Å². The van der Waals surface area contributed by atoms with Gasteiger partial charge in [-0.25, -0.2) is 8.42 Å². The summed E-state index contributed by atoms with van der Waals surface area (Å²) in [5, 5.41) is 9.19. The molecule has 0 unspecified atom stereocenters. The standard InChI is InChI=1S/C18H18N2O4S/c1-2-24-18(21)14-20(13-15-8-4-3-5-9-15)25(22,23)17-11-7-6-10-16(17)12-19/h3-11H,2,13-14H2,1H3. The van der Waals surface area contributed by atoms with Gasteiger partial charge in [0.1, 0.15) is 12.6 Å². The van der Waals surface area contributed by atoms with Gasteiger partial charge in [0.25, 0.3) is 0 Å². The van der Waals surface area contributed by atoms with E-state index in [0.717, 1.165) is 9.87 Å². The molecule has 0 spiro atoms.